The molecule has 1 unspecified atom stereocenters. The van der Waals surface area contributed by atoms with E-state index in [0.717, 1.165) is 23.3 Å². The number of hydrogen-bond acceptors (Lipinski definition) is 6. The zero-order valence-electron chi connectivity index (χ0n) is 19.4. The van der Waals surface area contributed by atoms with Gasteiger partial charge in [0.25, 0.3) is 5.91 Å². The third-order valence-electron chi connectivity index (χ3n) is 6.17. The monoisotopic (exact) mass is 492 g/mol. The second-order valence-electron chi connectivity index (χ2n) is 8.70. The maximum Gasteiger partial charge on any atom is 0.254 e. The van der Waals surface area contributed by atoms with Crippen molar-refractivity contribution in [3.05, 3.63) is 82.0 Å². The number of benzene rings is 2. The Kier molecular flexibility index (Phi) is 7.30. The maximum absolute atomic E-state index is 13.7. The van der Waals surface area contributed by atoms with Gasteiger partial charge in [0, 0.05) is 30.1 Å². The van der Waals surface area contributed by atoms with Gasteiger partial charge in [0.15, 0.2) is 11.5 Å². The van der Waals surface area contributed by atoms with E-state index in [1.165, 1.54) is 0 Å². The number of fused-ring (bicyclic) bond motifs is 1. The van der Waals surface area contributed by atoms with Crippen LogP contribution >= 0.6 is 11.3 Å². The average Bonchev–Trinajstić information content (AvgIpc) is 3.66. The van der Waals surface area contributed by atoms with Crippen LogP contribution in [0.3, 0.4) is 0 Å². The first-order chi connectivity index (χ1) is 17.2. The predicted octanol–water partition coefficient (Wildman–Crippen LogP) is 4.33. The van der Waals surface area contributed by atoms with E-state index in [0.29, 0.717) is 43.3 Å². The van der Waals surface area contributed by atoms with E-state index in [9.17, 15) is 9.59 Å². The number of ether oxygens (including phenoxy) is 3. The Balaban J connectivity index is 1.36. The molecule has 0 radical (unpaired) electrons. The molecule has 1 aromatic heterocycles. The van der Waals surface area contributed by atoms with E-state index < -0.39 is 0 Å². The van der Waals surface area contributed by atoms with Crippen molar-refractivity contribution in [1.29, 1.82) is 0 Å². The van der Waals surface area contributed by atoms with Gasteiger partial charge in [-0.3, -0.25) is 9.59 Å². The molecule has 5 rings (SSSR count). The standard InChI is InChI=1S/C27H28N2O5S/c30-26(18-29(16-22-8-4-12-32-22)27(31)21-6-2-1-3-7-21)28(17-23-9-5-13-35-23)15-20-10-11-24-25(14-20)34-19-33-24/h1-3,5-7,9-11,13-14,22H,4,8,12,15-19H2. The van der Waals surface area contributed by atoms with E-state index in [1.807, 2.05) is 53.9 Å². The number of thiophene rings is 1. The fraction of sp³-hybridized carbons (Fsp3) is 0.333. The van der Waals surface area contributed by atoms with Crippen molar-refractivity contribution in [2.75, 3.05) is 26.5 Å². The quantitative estimate of drug-likeness (QED) is 0.445. The summed E-state index contributed by atoms with van der Waals surface area (Å²) < 4.78 is 16.7. The van der Waals surface area contributed by atoms with Gasteiger partial charge in [-0.15, -0.1) is 11.3 Å². The van der Waals surface area contributed by atoms with Crippen molar-refractivity contribution in [2.45, 2.75) is 32.0 Å². The summed E-state index contributed by atoms with van der Waals surface area (Å²) in [7, 11) is 0. The zero-order valence-corrected chi connectivity index (χ0v) is 20.2. The van der Waals surface area contributed by atoms with Crippen LogP contribution in [0, 0.1) is 0 Å². The molecule has 2 aliphatic heterocycles. The fourth-order valence-electron chi connectivity index (χ4n) is 4.36. The molecule has 2 amide bonds. The molecule has 2 aromatic carbocycles. The van der Waals surface area contributed by atoms with Gasteiger partial charge in [-0.2, -0.15) is 0 Å². The van der Waals surface area contributed by atoms with Crippen molar-refractivity contribution in [3.63, 3.8) is 0 Å². The van der Waals surface area contributed by atoms with Crippen LogP contribution < -0.4 is 9.47 Å². The Bertz CT molecular complexity index is 1150. The summed E-state index contributed by atoms with van der Waals surface area (Å²) >= 11 is 1.61. The number of carbonyl (C=O) groups excluding carboxylic acids is 2. The molecule has 182 valence electrons. The molecule has 0 bridgehead atoms. The first kappa shape index (κ1) is 23.4. The van der Waals surface area contributed by atoms with Crippen molar-refractivity contribution in [2.24, 2.45) is 0 Å². The lowest BCUT2D eigenvalue weighted by Crippen LogP contribution is -2.45. The summed E-state index contributed by atoms with van der Waals surface area (Å²) in [5.41, 5.74) is 1.51. The van der Waals surface area contributed by atoms with Gasteiger partial charge in [0.1, 0.15) is 6.54 Å². The van der Waals surface area contributed by atoms with Crippen LogP contribution in [0.1, 0.15) is 33.6 Å². The first-order valence-electron chi connectivity index (χ1n) is 11.8. The minimum atomic E-state index is -0.159. The highest BCUT2D eigenvalue weighted by Gasteiger charge is 2.27. The molecule has 3 aromatic rings. The average molecular weight is 493 g/mol. The summed E-state index contributed by atoms with van der Waals surface area (Å²) in [5.74, 6) is 1.12. The molecule has 3 heterocycles. The summed E-state index contributed by atoms with van der Waals surface area (Å²) in [6.45, 7) is 2.16. The summed E-state index contributed by atoms with van der Waals surface area (Å²) in [4.78, 5) is 31.5. The Labute approximate surface area is 208 Å². The maximum atomic E-state index is 13.7. The zero-order chi connectivity index (χ0) is 24.0. The lowest BCUT2D eigenvalue weighted by atomic mass is 10.1. The molecule has 8 heteroatoms. The Morgan fingerprint density at radius 3 is 2.57 bits per heavy atom. The van der Waals surface area contributed by atoms with Gasteiger partial charge in [-0.1, -0.05) is 30.3 Å². The second-order valence-corrected chi connectivity index (χ2v) is 9.74. The third-order valence-corrected chi connectivity index (χ3v) is 7.03. The molecule has 1 atom stereocenters. The number of amides is 2. The normalized spacial score (nSPS) is 16.3. The number of hydrogen-bond donors (Lipinski definition) is 0. The van der Waals surface area contributed by atoms with Gasteiger partial charge in [0.05, 0.1) is 12.6 Å². The van der Waals surface area contributed by atoms with Crippen molar-refractivity contribution in [1.82, 2.24) is 9.80 Å². The molecule has 2 aliphatic rings. The number of nitrogens with zero attached hydrogens (tertiary/aromatic N) is 2. The van der Waals surface area contributed by atoms with Crippen molar-refractivity contribution >= 4 is 23.2 Å². The van der Waals surface area contributed by atoms with E-state index in [-0.39, 0.29) is 31.3 Å². The molecule has 0 N–H and O–H groups in total. The first-order valence-corrected chi connectivity index (χ1v) is 12.7. The van der Waals surface area contributed by atoms with Gasteiger partial charge >= 0.3 is 0 Å². The van der Waals surface area contributed by atoms with Gasteiger partial charge in [-0.05, 0) is 54.1 Å². The van der Waals surface area contributed by atoms with Crippen LogP contribution in [0.15, 0.2) is 66.0 Å². The van der Waals surface area contributed by atoms with Gasteiger partial charge < -0.3 is 24.0 Å². The molecule has 7 nitrogen and oxygen atoms in total. The van der Waals surface area contributed by atoms with Crippen LogP contribution in [0.25, 0.3) is 0 Å². The summed E-state index contributed by atoms with van der Waals surface area (Å²) in [6, 6.07) is 18.8. The molecular formula is C27H28N2O5S. The van der Waals surface area contributed by atoms with Crippen LogP contribution in [0.2, 0.25) is 0 Å². The molecular weight excluding hydrogens is 464 g/mol. The van der Waals surface area contributed by atoms with Gasteiger partial charge in [0.2, 0.25) is 12.7 Å². The minimum Gasteiger partial charge on any atom is -0.454 e. The Morgan fingerprint density at radius 2 is 1.80 bits per heavy atom. The van der Waals surface area contributed by atoms with Crippen molar-refractivity contribution < 1.29 is 23.8 Å². The molecule has 0 saturated carbocycles. The predicted molar refractivity (Wildman–Crippen MR) is 132 cm³/mol. The van der Waals surface area contributed by atoms with Crippen LogP contribution in [-0.2, 0) is 22.6 Å². The topological polar surface area (TPSA) is 68.3 Å². The van der Waals surface area contributed by atoms with E-state index in [2.05, 4.69) is 0 Å². The fourth-order valence-corrected chi connectivity index (χ4v) is 5.08. The van der Waals surface area contributed by atoms with Crippen LogP contribution in [0.4, 0.5) is 0 Å². The number of carbonyl (C=O) groups is 2. The minimum absolute atomic E-state index is 0.0104. The third kappa shape index (κ3) is 5.83. The highest BCUT2D eigenvalue weighted by Crippen LogP contribution is 2.33. The smallest absolute Gasteiger partial charge is 0.254 e. The second kappa shape index (κ2) is 10.9. The number of rotatable bonds is 9. The van der Waals surface area contributed by atoms with E-state index in [4.69, 9.17) is 14.2 Å². The summed E-state index contributed by atoms with van der Waals surface area (Å²) in [5, 5.41) is 2.00. The molecule has 35 heavy (non-hydrogen) atoms. The SMILES string of the molecule is O=C(CN(CC1CCCO1)C(=O)c1ccccc1)N(Cc1ccc2c(c1)OCO2)Cc1cccs1. The highest BCUT2D eigenvalue weighted by molar-refractivity contribution is 7.09. The van der Waals surface area contributed by atoms with E-state index in [1.54, 1.807) is 33.3 Å². The van der Waals surface area contributed by atoms with Gasteiger partial charge in [-0.25, -0.2) is 0 Å². The molecule has 0 spiro atoms. The molecule has 0 aliphatic carbocycles. The molecule has 1 saturated heterocycles. The van der Waals surface area contributed by atoms with Crippen LogP contribution in [0.5, 0.6) is 11.5 Å². The summed E-state index contributed by atoms with van der Waals surface area (Å²) in [6.07, 6.45) is 1.82. The Hall–Kier alpha value is -3.36. The lowest BCUT2D eigenvalue weighted by Gasteiger charge is -2.29. The highest BCUT2D eigenvalue weighted by atomic mass is 32.1. The van der Waals surface area contributed by atoms with Crippen molar-refractivity contribution in [3.8, 4) is 11.5 Å². The largest absolute Gasteiger partial charge is 0.454 e. The van der Waals surface area contributed by atoms with Crippen LogP contribution in [-0.4, -0.2) is 54.2 Å². The Morgan fingerprint density at radius 1 is 0.943 bits per heavy atom. The lowest BCUT2D eigenvalue weighted by molar-refractivity contribution is -0.133. The van der Waals surface area contributed by atoms with E-state index >= 15 is 0 Å². The molecule has 1 fully saturated rings.